The zero-order chi connectivity index (χ0) is 17.1. The number of nitrogens with one attached hydrogen (secondary N) is 1. The number of rotatable bonds is 6. The topological polar surface area (TPSA) is 67.6 Å². The van der Waals surface area contributed by atoms with Crippen LogP contribution in [0.4, 0.5) is 0 Å². The lowest BCUT2D eigenvalue weighted by molar-refractivity contribution is -0.123. The molecule has 1 saturated carbocycles. The van der Waals surface area contributed by atoms with Gasteiger partial charge in [0.15, 0.2) is 5.76 Å². The second-order valence-electron chi connectivity index (χ2n) is 6.73. The molecule has 0 bridgehead atoms. The van der Waals surface area contributed by atoms with Crippen molar-refractivity contribution in [3.05, 3.63) is 42.1 Å². The summed E-state index contributed by atoms with van der Waals surface area (Å²) in [4.78, 5) is 15.0. The molecule has 0 spiro atoms. The van der Waals surface area contributed by atoms with Crippen LogP contribution in [0.5, 0.6) is 0 Å². The van der Waals surface area contributed by atoms with Gasteiger partial charge in [0.25, 0.3) is 0 Å². The van der Waals surface area contributed by atoms with E-state index < -0.39 is 5.41 Å². The Balaban J connectivity index is 1.36. The van der Waals surface area contributed by atoms with Gasteiger partial charge in [0, 0.05) is 37.8 Å². The fraction of sp³-hybridized carbons (Fsp3) is 0.474. The Labute approximate surface area is 147 Å². The number of morpholine rings is 1. The van der Waals surface area contributed by atoms with Crippen molar-refractivity contribution in [2.24, 2.45) is 0 Å². The molecule has 1 aliphatic carbocycles. The first-order valence-electron chi connectivity index (χ1n) is 8.89. The highest BCUT2D eigenvalue weighted by atomic mass is 16.5. The minimum absolute atomic E-state index is 0.0636. The predicted molar refractivity (Wildman–Crippen MR) is 93.1 cm³/mol. The first-order chi connectivity index (χ1) is 12.3. The molecule has 0 unspecified atom stereocenters. The molecule has 2 heterocycles. The van der Waals surface area contributed by atoms with Crippen molar-refractivity contribution in [3.63, 3.8) is 0 Å². The largest absolute Gasteiger partial charge is 0.379 e. The van der Waals surface area contributed by atoms with Crippen molar-refractivity contribution in [2.45, 2.75) is 18.3 Å². The first kappa shape index (κ1) is 16.3. The van der Waals surface area contributed by atoms with Crippen LogP contribution in [0, 0.1) is 0 Å². The van der Waals surface area contributed by atoms with Crippen molar-refractivity contribution in [1.29, 1.82) is 0 Å². The van der Waals surface area contributed by atoms with Crippen LogP contribution in [0.1, 0.15) is 18.5 Å². The normalized spacial score (nSPS) is 19.5. The van der Waals surface area contributed by atoms with E-state index in [1.165, 1.54) is 0 Å². The maximum atomic E-state index is 12.7. The quantitative estimate of drug-likeness (QED) is 0.868. The summed E-state index contributed by atoms with van der Waals surface area (Å²) in [6.45, 7) is 4.94. The number of amides is 1. The monoisotopic (exact) mass is 341 g/mol. The molecule has 132 valence electrons. The van der Waals surface area contributed by atoms with Gasteiger partial charge in [-0.2, -0.15) is 0 Å². The Morgan fingerprint density at radius 3 is 2.68 bits per heavy atom. The summed E-state index contributed by atoms with van der Waals surface area (Å²) in [5, 5.41) is 7.26. The molecule has 1 aromatic heterocycles. The Morgan fingerprint density at radius 2 is 1.96 bits per heavy atom. The van der Waals surface area contributed by atoms with Crippen LogP contribution in [-0.2, 0) is 14.9 Å². The van der Waals surface area contributed by atoms with Gasteiger partial charge in [0.05, 0.1) is 24.3 Å². The molecule has 2 fully saturated rings. The van der Waals surface area contributed by atoms with Crippen molar-refractivity contribution in [2.75, 3.05) is 39.4 Å². The molecule has 2 aromatic rings. The molecule has 1 saturated heterocycles. The highest BCUT2D eigenvalue weighted by Gasteiger charge is 2.53. The SMILES string of the molecule is O=C(NCCN1CCOCC1)C1(c2cc(-c3ccccc3)on2)CC1. The molecular weight excluding hydrogens is 318 g/mol. The van der Waals surface area contributed by atoms with Crippen LogP contribution < -0.4 is 5.32 Å². The lowest BCUT2D eigenvalue weighted by Gasteiger charge is -2.26. The fourth-order valence-corrected chi connectivity index (χ4v) is 3.29. The van der Waals surface area contributed by atoms with Gasteiger partial charge in [-0.3, -0.25) is 9.69 Å². The summed E-state index contributed by atoms with van der Waals surface area (Å²) in [7, 11) is 0. The van der Waals surface area contributed by atoms with Crippen molar-refractivity contribution in [3.8, 4) is 11.3 Å². The number of nitrogens with zero attached hydrogens (tertiary/aromatic N) is 2. The molecule has 0 radical (unpaired) electrons. The summed E-state index contributed by atoms with van der Waals surface area (Å²) >= 11 is 0. The zero-order valence-corrected chi connectivity index (χ0v) is 14.2. The Hall–Kier alpha value is -2.18. The third kappa shape index (κ3) is 3.45. The second kappa shape index (κ2) is 6.98. The summed E-state index contributed by atoms with van der Waals surface area (Å²) in [5.41, 5.74) is 1.22. The summed E-state index contributed by atoms with van der Waals surface area (Å²) in [5.74, 6) is 0.775. The fourth-order valence-electron chi connectivity index (χ4n) is 3.29. The highest BCUT2D eigenvalue weighted by molar-refractivity contribution is 5.91. The predicted octanol–water partition coefficient (Wildman–Crippen LogP) is 1.82. The van der Waals surface area contributed by atoms with Crippen LogP contribution in [0.15, 0.2) is 40.9 Å². The number of hydrogen-bond donors (Lipinski definition) is 1. The molecule has 1 aromatic carbocycles. The van der Waals surface area contributed by atoms with Crippen molar-refractivity contribution in [1.82, 2.24) is 15.4 Å². The van der Waals surface area contributed by atoms with Gasteiger partial charge >= 0.3 is 0 Å². The average Bonchev–Trinajstić information content (AvgIpc) is 3.33. The van der Waals surface area contributed by atoms with Gasteiger partial charge in [-0.15, -0.1) is 0 Å². The van der Waals surface area contributed by atoms with Crippen LogP contribution in [0.25, 0.3) is 11.3 Å². The maximum absolute atomic E-state index is 12.7. The van der Waals surface area contributed by atoms with Gasteiger partial charge in [-0.1, -0.05) is 35.5 Å². The molecule has 25 heavy (non-hydrogen) atoms. The van der Waals surface area contributed by atoms with E-state index in [2.05, 4.69) is 15.4 Å². The van der Waals surface area contributed by atoms with Crippen molar-refractivity contribution >= 4 is 5.91 Å². The van der Waals surface area contributed by atoms with Crippen LogP contribution >= 0.6 is 0 Å². The van der Waals surface area contributed by atoms with E-state index in [1.807, 2.05) is 36.4 Å². The molecule has 1 amide bonds. The van der Waals surface area contributed by atoms with E-state index in [0.29, 0.717) is 12.3 Å². The summed E-state index contributed by atoms with van der Waals surface area (Å²) in [6, 6.07) is 11.7. The summed E-state index contributed by atoms with van der Waals surface area (Å²) < 4.78 is 10.8. The highest BCUT2D eigenvalue weighted by Crippen LogP contribution is 2.48. The van der Waals surface area contributed by atoms with Crippen molar-refractivity contribution < 1.29 is 14.1 Å². The summed E-state index contributed by atoms with van der Waals surface area (Å²) in [6.07, 6.45) is 1.66. The minimum Gasteiger partial charge on any atom is -0.379 e. The average molecular weight is 341 g/mol. The van der Waals surface area contributed by atoms with Crippen LogP contribution in [-0.4, -0.2) is 55.4 Å². The van der Waals surface area contributed by atoms with Gasteiger partial charge in [-0.05, 0) is 12.8 Å². The lowest BCUT2D eigenvalue weighted by atomic mass is 10.0. The van der Waals surface area contributed by atoms with Gasteiger partial charge in [0.1, 0.15) is 0 Å². The number of aromatic nitrogens is 1. The second-order valence-corrected chi connectivity index (χ2v) is 6.73. The minimum atomic E-state index is -0.498. The van der Waals surface area contributed by atoms with E-state index in [0.717, 1.165) is 56.9 Å². The van der Waals surface area contributed by atoms with Crippen LogP contribution in [0.3, 0.4) is 0 Å². The van der Waals surface area contributed by atoms with E-state index in [4.69, 9.17) is 9.26 Å². The number of benzene rings is 1. The molecule has 1 N–H and O–H groups in total. The van der Waals surface area contributed by atoms with Gasteiger partial charge in [0.2, 0.25) is 5.91 Å². The molecule has 6 nitrogen and oxygen atoms in total. The Bertz CT molecular complexity index is 719. The first-order valence-corrected chi connectivity index (χ1v) is 8.89. The molecular formula is C19H23N3O3. The van der Waals surface area contributed by atoms with E-state index in [1.54, 1.807) is 0 Å². The van der Waals surface area contributed by atoms with E-state index in [9.17, 15) is 4.79 Å². The third-order valence-corrected chi connectivity index (χ3v) is 5.06. The number of carbonyl (C=O) groups is 1. The molecule has 0 atom stereocenters. The molecule has 6 heteroatoms. The van der Waals surface area contributed by atoms with E-state index >= 15 is 0 Å². The van der Waals surface area contributed by atoms with Gasteiger partial charge < -0.3 is 14.6 Å². The number of carbonyl (C=O) groups excluding carboxylic acids is 1. The maximum Gasteiger partial charge on any atom is 0.232 e. The van der Waals surface area contributed by atoms with E-state index in [-0.39, 0.29) is 5.91 Å². The lowest BCUT2D eigenvalue weighted by Crippen LogP contribution is -2.43. The standard InChI is InChI=1S/C19H23N3O3/c23-18(20-8-9-22-10-12-24-13-11-22)19(6-7-19)17-14-16(25-21-17)15-4-2-1-3-5-15/h1-5,14H,6-13H2,(H,20,23). The van der Waals surface area contributed by atoms with Gasteiger partial charge in [-0.25, -0.2) is 0 Å². The Morgan fingerprint density at radius 1 is 1.20 bits per heavy atom. The Kier molecular flexibility index (Phi) is 4.55. The molecule has 2 aliphatic rings. The number of ether oxygens (including phenoxy) is 1. The molecule has 4 rings (SSSR count). The molecule has 1 aliphatic heterocycles. The zero-order valence-electron chi connectivity index (χ0n) is 14.2. The smallest absolute Gasteiger partial charge is 0.232 e. The third-order valence-electron chi connectivity index (χ3n) is 5.06. The number of hydrogen-bond acceptors (Lipinski definition) is 5. The van der Waals surface area contributed by atoms with Crippen LogP contribution in [0.2, 0.25) is 0 Å².